The number of hydrogen-bond donors (Lipinski definition) is 1. The molecule has 16 heavy (non-hydrogen) atoms. The highest BCUT2D eigenvalue weighted by Gasteiger charge is 2.14. The van der Waals surface area contributed by atoms with Crippen LogP contribution in [0.4, 0.5) is 8.78 Å². The van der Waals surface area contributed by atoms with Gasteiger partial charge in [-0.05, 0) is 12.1 Å². The monoisotopic (exact) mass is 244 g/mol. The van der Waals surface area contributed by atoms with Crippen LogP contribution in [-0.4, -0.2) is 29.4 Å². The second-order valence-corrected chi connectivity index (χ2v) is 3.81. The fourth-order valence-corrected chi connectivity index (χ4v) is 1.40. The molecule has 0 spiro atoms. The van der Waals surface area contributed by atoms with Crippen LogP contribution >= 0.6 is 12.2 Å². The first-order chi connectivity index (χ1) is 7.40. The Morgan fingerprint density at radius 1 is 1.38 bits per heavy atom. The third-order valence-electron chi connectivity index (χ3n) is 1.85. The topological polar surface area (TPSA) is 46.3 Å². The molecule has 1 aromatic carbocycles. The highest BCUT2D eigenvalue weighted by Crippen LogP contribution is 2.09. The number of benzene rings is 1. The summed E-state index contributed by atoms with van der Waals surface area (Å²) in [6, 6.07) is 2.62. The Bertz CT molecular complexity index is 417. The molecule has 0 atom stereocenters. The number of amides is 1. The van der Waals surface area contributed by atoms with Crippen molar-refractivity contribution in [2.75, 3.05) is 13.6 Å². The Labute approximate surface area is 96.8 Å². The fourth-order valence-electron chi connectivity index (χ4n) is 1.20. The molecule has 0 aromatic heterocycles. The number of carbonyl (C=O) groups excluding carboxylic acids is 1. The van der Waals surface area contributed by atoms with Crippen LogP contribution < -0.4 is 5.73 Å². The Hall–Kier alpha value is -1.56. The Morgan fingerprint density at radius 2 is 1.88 bits per heavy atom. The molecule has 0 saturated heterocycles. The van der Waals surface area contributed by atoms with Gasteiger partial charge in [-0.15, -0.1) is 0 Å². The molecular weight excluding hydrogens is 234 g/mol. The smallest absolute Gasteiger partial charge is 0.254 e. The normalized spacial score (nSPS) is 9.94. The van der Waals surface area contributed by atoms with Gasteiger partial charge in [-0.3, -0.25) is 4.79 Å². The summed E-state index contributed by atoms with van der Waals surface area (Å²) in [5.41, 5.74) is 5.19. The van der Waals surface area contributed by atoms with Gasteiger partial charge in [-0.2, -0.15) is 0 Å². The number of carbonyl (C=O) groups is 1. The minimum atomic E-state index is -0.799. The molecule has 0 radical (unpaired) electrons. The molecule has 0 aliphatic heterocycles. The second-order valence-electron chi connectivity index (χ2n) is 3.29. The van der Waals surface area contributed by atoms with Gasteiger partial charge in [0, 0.05) is 18.7 Å². The van der Waals surface area contributed by atoms with Crippen LogP contribution in [0.1, 0.15) is 10.4 Å². The lowest BCUT2D eigenvalue weighted by Gasteiger charge is -2.16. The fraction of sp³-hybridized carbons (Fsp3) is 0.200. The number of thiocarbonyl (C=S) groups is 1. The molecule has 0 aliphatic rings. The summed E-state index contributed by atoms with van der Waals surface area (Å²) in [5.74, 6) is -2.13. The molecule has 0 saturated carbocycles. The molecule has 3 nitrogen and oxygen atoms in total. The molecule has 0 unspecified atom stereocenters. The molecule has 1 aromatic rings. The van der Waals surface area contributed by atoms with Crippen molar-refractivity contribution in [2.24, 2.45) is 5.73 Å². The van der Waals surface area contributed by atoms with E-state index in [-0.39, 0.29) is 17.1 Å². The first-order valence-corrected chi connectivity index (χ1v) is 4.81. The van der Waals surface area contributed by atoms with Gasteiger partial charge in [0.15, 0.2) is 0 Å². The van der Waals surface area contributed by atoms with Crippen LogP contribution in [0.3, 0.4) is 0 Å². The van der Waals surface area contributed by atoms with Gasteiger partial charge in [-0.1, -0.05) is 12.2 Å². The molecule has 0 fully saturated rings. The molecule has 0 heterocycles. The predicted molar refractivity (Wildman–Crippen MR) is 60.1 cm³/mol. The third kappa shape index (κ3) is 3.23. The first-order valence-electron chi connectivity index (χ1n) is 4.40. The van der Waals surface area contributed by atoms with Crippen LogP contribution in [-0.2, 0) is 0 Å². The number of nitrogens with two attached hydrogens (primary N) is 1. The molecule has 1 amide bonds. The van der Waals surface area contributed by atoms with Gasteiger partial charge in [-0.25, -0.2) is 8.78 Å². The number of hydrogen-bond acceptors (Lipinski definition) is 2. The number of likely N-dealkylation sites (N-methyl/N-ethyl adjacent to an activating group) is 1. The summed E-state index contributed by atoms with van der Waals surface area (Å²) in [4.78, 5) is 13.0. The largest absolute Gasteiger partial charge is 0.392 e. The van der Waals surface area contributed by atoms with E-state index in [2.05, 4.69) is 12.2 Å². The lowest BCUT2D eigenvalue weighted by Crippen LogP contribution is -2.34. The van der Waals surface area contributed by atoms with Crippen molar-refractivity contribution in [2.45, 2.75) is 0 Å². The van der Waals surface area contributed by atoms with E-state index in [0.29, 0.717) is 6.07 Å². The van der Waals surface area contributed by atoms with Gasteiger partial charge in [0.2, 0.25) is 0 Å². The van der Waals surface area contributed by atoms with Crippen molar-refractivity contribution in [3.63, 3.8) is 0 Å². The molecule has 1 rings (SSSR count). The van der Waals surface area contributed by atoms with E-state index < -0.39 is 17.5 Å². The Balaban J connectivity index is 2.91. The average Bonchev–Trinajstić information content (AvgIpc) is 2.13. The van der Waals surface area contributed by atoms with Crippen LogP contribution in [0.15, 0.2) is 18.2 Å². The highest BCUT2D eigenvalue weighted by molar-refractivity contribution is 7.80. The minimum Gasteiger partial charge on any atom is -0.392 e. The maximum atomic E-state index is 12.9. The van der Waals surface area contributed by atoms with Gasteiger partial charge in [0.25, 0.3) is 5.91 Å². The number of halogens is 2. The van der Waals surface area contributed by atoms with Crippen molar-refractivity contribution in [3.8, 4) is 0 Å². The third-order valence-corrected chi connectivity index (χ3v) is 1.98. The molecule has 2 N–H and O–H groups in total. The maximum absolute atomic E-state index is 12.9. The van der Waals surface area contributed by atoms with Crippen LogP contribution in [0.25, 0.3) is 0 Å². The summed E-state index contributed by atoms with van der Waals surface area (Å²) >= 11 is 4.63. The van der Waals surface area contributed by atoms with E-state index in [9.17, 15) is 13.6 Å². The van der Waals surface area contributed by atoms with Crippen molar-refractivity contribution in [1.29, 1.82) is 0 Å². The quantitative estimate of drug-likeness (QED) is 0.816. The lowest BCUT2D eigenvalue weighted by atomic mass is 10.2. The zero-order valence-electron chi connectivity index (χ0n) is 8.54. The summed E-state index contributed by atoms with van der Waals surface area (Å²) in [6.07, 6.45) is 0. The Morgan fingerprint density at radius 3 is 2.31 bits per heavy atom. The van der Waals surface area contributed by atoms with Gasteiger partial charge in [0.05, 0.1) is 11.5 Å². The SMILES string of the molecule is CN(CC(N)=S)C(=O)c1cc(F)cc(F)c1. The second kappa shape index (κ2) is 4.98. The summed E-state index contributed by atoms with van der Waals surface area (Å²) in [6.45, 7) is 0.0618. The minimum absolute atomic E-state index is 0.0618. The number of nitrogens with zero attached hydrogens (tertiary/aromatic N) is 1. The van der Waals surface area contributed by atoms with Crippen LogP contribution in [0.2, 0.25) is 0 Å². The van der Waals surface area contributed by atoms with Gasteiger partial charge < -0.3 is 10.6 Å². The summed E-state index contributed by atoms with van der Waals surface area (Å²) in [7, 11) is 1.45. The Kier molecular flexibility index (Phi) is 3.89. The molecular formula is C10H10F2N2OS. The summed E-state index contributed by atoms with van der Waals surface area (Å²) in [5, 5.41) is 0. The predicted octanol–water partition coefficient (Wildman–Crippen LogP) is 1.32. The molecule has 6 heteroatoms. The number of rotatable bonds is 3. The molecule has 86 valence electrons. The van der Waals surface area contributed by atoms with Crippen molar-refractivity contribution in [1.82, 2.24) is 4.90 Å². The zero-order valence-corrected chi connectivity index (χ0v) is 9.35. The first kappa shape index (κ1) is 12.5. The van der Waals surface area contributed by atoms with Gasteiger partial charge >= 0.3 is 0 Å². The highest BCUT2D eigenvalue weighted by atomic mass is 32.1. The van der Waals surface area contributed by atoms with E-state index in [4.69, 9.17) is 5.73 Å². The average molecular weight is 244 g/mol. The van der Waals surface area contributed by atoms with E-state index in [0.717, 1.165) is 12.1 Å². The maximum Gasteiger partial charge on any atom is 0.254 e. The molecule has 0 aliphatic carbocycles. The summed E-state index contributed by atoms with van der Waals surface area (Å²) < 4.78 is 25.7. The van der Waals surface area contributed by atoms with E-state index in [1.807, 2.05) is 0 Å². The lowest BCUT2D eigenvalue weighted by molar-refractivity contribution is 0.0814. The van der Waals surface area contributed by atoms with Crippen molar-refractivity contribution >= 4 is 23.1 Å². The van der Waals surface area contributed by atoms with Crippen LogP contribution in [0, 0.1) is 11.6 Å². The standard InChI is InChI=1S/C10H10F2N2OS/c1-14(5-9(13)16)10(15)6-2-7(11)4-8(12)3-6/h2-4H,5H2,1H3,(H2,13,16). The van der Waals surface area contributed by atoms with Crippen LogP contribution in [0.5, 0.6) is 0 Å². The van der Waals surface area contributed by atoms with E-state index in [1.54, 1.807) is 0 Å². The molecule has 0 bridgehead atoms. The van der Waals surface area contributed by atoms with Crippen molar-refractivity contribution in [3.05, 3.63) is 35.4 Å². The van der Waals surface area contributed by atoms with E-state index in [1.165, 1.54) is 11.9 Å². The van der Waals surface area contributed by atoms with Crippen molar-refractivity contribution < 1.29 is 13.6 Å². The van der Waals surface area contributed by atoms with Gasteiger partial charge in [0.1, 0.15) is 11.6 Å². The zero-order chi connectivity index (χ0) is 12.3. The van der Waals surface area contributed by atoms with E-state index >= 15 is 0 Å².